The standard InChI is InChI=1S/C20H24BrFN2O3S/c1-4-9-24(28(3,26)27)19-11-15(13-21)10-17(12-19)20(25)23-14(2)16-5-7-18(22)8-6-16/h5-8,10-12,14H,4,9,13H2,1-3H3,(H,23,25). The van der Waals surface area contributed by atoms with Crippen LogP contribution in [-0.2, 0) is 15.4 Å². The van der Waals surface area contributed by atoms with Crippen molar-refractivity contribution in [3.05, 3.63) is 65.0 Å². The van der Waals surface area contributed by atoms with E-state index in [1.807, 2.05) is 6.92 Å². The number of nitrogens with one attached hydrogen (secondary N) is 1. The van der Waals surface area contributed by atoms with E-state index in [1.165, 1.54) is 16.4 Å². The van der Waals surface area contributed by atoms with Gasteiger partial charge in [-0.25, -0.2) is 12.8 Å². The second kappa shape index (κ2) is 9.52. The first kappa shape index (κ1) is 22.4. The fourth-order valence-electron chi connectivity index (χ4n) is 2.83. The van der Waals surface area contributed by atoms with E-state index in [0.29, 0.717) is 29.5 Å². The average molecular weight is 471 g/mol. The van der Waals surface area contributed by atoms with Gasteiger partial charge >= 0.3 is 0 Å². The number of rotatable bonds is 8. The molecule has 1 amide bonds. The van der Waals surface area contributed by atoms with Crippen LogP contribution in [0.25, 0.3) is 0 Å². The third-order valence-corrected chi connectivity index (χ3v) is 6.07. The maximum absolute atomic E-state index is 13.1. The first-order valence-electron chi connectivity index (χ1n) is 8.89. The van der Waals surface area contributed by atoms with E-state index in [2.05, 4.69) is 21.2 Å². The normalized spacial score (nSPS) is 12.5. The van der Waals surface area contributed by atoms with Crippen LogP contribution in [0.1, 0.15) is 47.8 Å². The molecule has 0 saturated heterocycles. The SMILES string of the molecule is CCCN(c1cc(CBr)cc(C(=O)NC(C)c2ccc(F)cc2)c1)S(C)(=O)=O. The van der Waals surface area contributed by atoms with Gasteiger partial charge in [-0.05, 0) is 54.8 Å². The van der Waals surface area contributed by atoms with Crippen molar-refractivity contribution in [2.24, 2.45) is 0 Å². The Morgan fingerprint density at radius 2 is 1.86 bits per heavy atom. The number of hydrogen-bond donors (Lipinski definition) is 1. The molecule has 1 N–H and O–H groups in total. The Morgan fingerprint density at radius 3 is 2.39 bits per heavy atom. The summed E-state index contributed by atoms with van der Waals surface area (Å²) in [6.07, 6.45) is 1.80. The average Bonchev–Trinajstić information content (AvgIpc) is 2.65. The number of carbonyl (C=O) groups excluding carboxylic acids is 1. The highest BCUT2D eigenvalue weighted by atomic mass is 79.9. The molecule has 0 fully saturated rings. The van der Waals surface area contributed by atoms with Gasteiger partial charge in [0, 0.05) is 17.4 Å². The number of amides is 1. The number of alkyl halides is 1. The molecule has 2 rings (SSSR count). The van der Waals surface area contributed by atoms with E-state index in [4.69, 9.17) is 0 Å². The highest BCUT2D eigenvalue weighted by molar-refractivity contribution is 9.08. The van der Waals surface area contributed by atoms with Gasteiger partial charge in [0.05, 0.1) is 18.0 Å². The highest BCUT2D eigenvalue weighted by Gasteiger charge is 2.20. The lowest BCUT2D eigenvalue weighted by molar-refractivity contribution is 0.0940. The highest BCUT2D eigenvalue weighted by Crippen LogP contribution is 2.24. The molecular weight excluding hydrogens is 447 g/mol. The molecule has 0 aromatic heterocycles. The van der Waals surface area contributed by atoms with Gasteiger partial charge in [0.25, 0.3) is 5.91 Å². The minimum Gasteiger partial charge on any atom is -0.346 e. The Morgan fingerprint density at radius 1 is 1.21 bits per heavy atom. The molecule has 0 radical (unpaired) electrons. The molecule has 0 bridgehead atoms. The number of nitrogens with zero attached hydrogens (tertiary/aromatic N) is 1. The van der Waals surface area contributed by atoms with Crippen molar-refractivity contribution in [2.75, 3.05) is 17.1 Å². The maximum atomic E-state index is 13.1. The summed E-state index contributed by atoms with van der Waals surface area (Å²) in [4.78, 5) is 12.8. The predicted molar refractivity (Wildman–Crippen MR) is 114 cm³/mol. The van der Waals surface area contributed by atoms with Gasteiger partial charge in [-0.1, -0.05) is 35.0 Å². The van der Waals surface area contributed by atoms with Crippen LogP contribution in [-0.4, -0.2) is 27.1 Å². The fraction of sp³-hybridized carbons (Fsp3) is 0.350. The maximum Gasteiger partial charge on any atom is 0.251 e. The van der Waals surface area contributed by atoms with Crippen molar-refractivity contribution in [2.45, 2.75) is 31.6 Å². The van der Waals surface area contributed by atoms with Crippen LogP contribution in [0.5, 0.6) is 0 Å². The lowest BCUT2D eigenvalue weighted by Crippen LogP contribution is -2.31. The van der Waals surface area contributed by atoms with Gasteiger partial charge < -0.3 is 5.32 Å². The summed E-state index contributed by atoms with van der Waals surface area (Å²) in [5.74, 6) is -0.667. The molecule has 0 aliphatic carbocycles. The van der Waals surface area contributed by atoms with Crippen LogP contribution in [0.4, 0.5) is 10.1 Å². The van der Waals surface area contributed by atoms with E-state index < -0.39 is 10.0 Å². The molecule has 1 atom stereocenters. The van der Waals surface area contributed by atoms with Crippen LogP contribution >= 0.6 is 15.9 Å². The summed E-state index contributed by atoms with van der Waals surface area (Å²) in [5.41, 5.74) is 2.39. The summed E-state index contributed by atoms with van der Waals surface area (Å²) >= 11 is 3.37. The van der Waals surface area contributed by atoms with Crippen molar-refractivity contribution < 1.29 is 17.6 Å². The number of carbonyl (C=O) groups is 1. The first-order valence-corrected chi connectivity index (χ1v) is 11.9. The molecule has 152 valence electrons. The summed E-state index contributed by atoms with van der Waals surface area (Å²) in [7, 11) is -3.47. The minimum atomic E-state index is -3.47. The van der Waals surface area contributed by atoms with Gasteiger partial charge in [0.1, 0.15) is 5.82 Å². The minimum absolute atomic E-state index is 0.328. The number of halogens is 2. The molecule has 5 nitrogen and oxygen atoms in total. The Labute approximate surface area is 174 Å². The molecule has 0 aliphatic heterocycles. The second-order valence-corrected chi connectivity index (χ2v) is 9.07. The van der Waals surface area contributed by atoms with Crippen LogP contribution < -0.4 is 9.62 Å². The first-order chi connectivity index (χ1) is 13.2. The molecule has 2 aromatic carbocycles. The van der Waals surface area contributed by atoms with Crippen molar-refractivity contribution in [3.8, 4) is 0 Å². The fourth-order valence-corrected chi connectivity index (χ4v) is 4.16. The van der Waals surface area contributed by atoms with E-state index in [1.54, 1.807) is 37.3 Å². The van der Waals surface area contributed by atoms with Gasteiger partial charge in [0.15, 0.2) is 0 Å². The van der Waals surface area contributed by atoms with Gasteiger partial charge in [-0.2, -0.15) is 0 Å². The van der Waals surface area contributed by atoms with Crippen molar-refractivity contribution >= 4 is 37.5 Å². The molecule has 0 aliphatic rings. The Balaban J connectivity index is 2.33. The quantitative estimate of drug-likeness (QED) is 0.581. The molecule has 28 heavy (non-hydrogen) atoms. The van der Waals surface area contributed by atoms with E-state index in [-0.39, 0.29) is 17.8 Å². The molecule has 1 unspecified atom stereocenters. The Bertz CT molecular complexity index is 933. The summed E-state index contributed by atoms with van der Waals surface area (Å²) < 4.78 is 38.8. The molecule has 0 spiro atoms. The van der Waals surface area contributed by atoms with Crippen LogP contribution in [0.2, 0.25) is 0 Å². The third-order valence-electron chi connectivity index (χ3n) is 4.23. The van der Waals surface area contributed by atoms with Crippen LogP contribution in [0.3, 0.4) is 0 Å². The summed E-state index contributed by atoms with van der Waals surface area (Å²) in [6.45, 7) is 4.03. The Kier molecular flexibility index (Phi) is 7.60. The smallest absolute Gasteiger partial charge is 0.251 e. The third kappa shape index (κ3) is 5.78. The lowest BCUT2D eigenvalue weighted by atomic mass is 10.1. The summed E-state index contributed by atoms with van der Waals surface area (Å²) in [6, 6.07) is 10.6. The zero-order chi connectivity index (χ0) is 20.9. The molecule has 8 heteroatoms. The number of anilines is 1. The molecule has 0 heterocycles. The van der Waals surface area contributed by atoms with Gasteiger partial charge in [-0.3, -0.25) is 9.10 Å². The van der Waals surface area contributed by atoms with Crippen molar-refractivity contribution in [1.82, 2.24) is 5.32 Å². The zero-order valence-corrected chi connectivity index (χ0v) is 18.5. The van der Waals surface area contributed by atoms with Crippen LogP contribution in [0.15, 0.2) is 42.5 Å². The largest absolute Gasteiger partial charge is 0.346 e. The number of hydrogen-bond acceptors (Lipinski definition) is 3. The number of sulfonamides is 1. The van der Waals surface area contributed by atoms with Gasteiger partial charge in [-0.15, -0.1) is 0 Å². The van der Waals surface area contributed by atoms with E-state index in [0.717, 1.165) is 17.4 Å². The molecular formula is C20H24BrFN2O3S. The second-order valence-electron chi connectivity index (χ2n) is 6.60. The molecule has 0 saturated carbocycles. The van der Waals surface area contributed by atoms with Crippen molar-refractivity contribution in [3.63, 3.8) is 0 Å². The van der Waals surface area contributed by atoms with Gasteiger partial charge in [0.2, 0.25) is 10.0 Å². The Hall–Kier alpha value is -1.93. The monoisotopic (exact) mass is 470 g/mol. The molecule has 2 aromatic rings. The zero-order valence-electron chi connectivity index (χ0n) is 16.1. The van der Waals surface area contributed by atoms with E-state index >= 15 is 0 Å². The van der Waals surface area contributed by atoms with E-state index in [9.17, 15) is 17.6 Å². The topological polar surface area (TPSA) is 66.5 Å². The van der Waals surface area contributed by atoms with Crippen LogP contribution in [0, 0.1) is 5.82 Å². The van der Waals surface area contributed by atoms with Crippen molar-refractivity contribution in [1.29, 1.82) is 0 Å². The predicted octanol–water partition coefficient (Wildman–Crippen LogP) is 4.39. The number of benzene rings is 2. The lowest BCUT2D eigenvalue weighted by Gasteiger charge is -2.23. The summed E-state index contributed by atoms with van der Waals surface area (Å²) in [5, 5.41) is 3.36.